The highest BCUT2D eigenvalue weighted by atomic mass is 32.2. The van der Waals surface area contributed by atoms with E-state index in [0.29, 0.717) is 24.9 Å². The summed E-state index contributed by atoms with van der Waals surface area (Å²) in [4.78, 5) is 11.0. The molecule has 0 amide bonds. The van der Waals surface area contributed by atoms with E-state index >= 15 is 0 Å². The van der Waals surface area contributed by atoms with Crippen LogP contribution in [0, 0.1) is 0 Å². The van der Waals surface area contributed by atoms with Crippen LogP contribution in [0.5, 0.6) is 11.5 Å². The van der Waals surface area contributed by atoms with Gasteiger partial charge in [-0.05, 0) is 48.6 Å². The molecule has 0 saturated carbocycles. The number of carbonyl (C=O) groups is 1. The Bertz CT molecular complexity index is 425. The van der Waals surface area contributed by atoms with Gasteiger partial charge in [-0.3, -0.25) is 4.79 Å². The summed E-state index contributed by atoms with van der Waals surface area (Å²) >= 11 is 1.61. The van der Waals surface area contributed by atoms with Gasteiger partial charge in [0, 0.05) is 6.54 Å². The lowest BCUT2D eigenvalue weighted by molar-refractivity contribution is -0.139. The number of phenols is 2. The molecule has 0 radical (unpaired) electrons. The summed E-state index contributed by atoms with van der Waals surface area (Å²) < 4.78 is 0. The summed E-state index contributed by atoms with van der Waals surface area (Å²) in [7, 11) is 0. The minimum Gasteiger partial charge on any atom is -0.508 e. The molecule has 0 aromatic heterocycles. The molecule has 6 heteroatoms. The molecule has 0 aliphatic heterocycles. The summed E-state index contributed by atoms with van der Waals surface area (Å²) in [6.07, 6.45) is 2.95. The van der Waals surface area contributed by atoms with Crippen molar-refractivity contribution in [2.45, 2.75) is 18.9 Å². The van der Waals surface area contributed by atoms with Crippen LogP contribution < -0.4 is 5.32 Å². The Hall–Kier alpha value is -1.40. The van der Waals surface area contributed by atoms with E-state index in [9.17, 15) is 15.0 Å². The van der Waals surface area contributed by atoms with E-state index < -0.39 is 12.0 Å². The lowest BCUT2D eigenvalue weighted by atomic mass is 10.1. The topological polar surface area (TPSA) is 89.8 Å². The molecule has 0 aliphatic rings. The van der Waals surface area contributed by atoms with Gasteiger partial charge in [0.05, 0.1) is 0 Å². The fraction of sp³-hybridized carbons (Fsp3) is 0.462. The smallest absolute Gasteiger partial charge is 0.320 e. The third-order valence-corrected chi connectivity index (χ3v) is 3.40. The molecule has 0 spiro atoms. The zero-order valence-electron chi connectivity index (χ0n) is 10.8. The summed E-state index contributed by atoms with van der Waals surface area (Å²) in [5.41, 5.74) is 0.599. The van der Waals surface area contributed by atoms with E-state index in [0.717, 1.165) is 5.75 Å². The fourth-order valence-electron chi connectivity index (χ4n) is 1.70. The lowest BCUT2D eigenvalue weighted by Gasteiger charge is -2.14. The zero-order valence-corrected chi connectivity index (χ0v) is 11.6. The van der Waals surface area contributed by atoms with Crippen LogP contribution in [0.1, 0.15) is 12.0 Å². The Morgan fingerprint density at radius 2 is 2.16 bits per heavy atom. The second-order valence-electron chi connectivity index (χ2n) is 4.19. The van der Waals surface area contributed by atoms with E-state index in [1.807, 2.05) is 6.26 Å². The number of rotatable bonds is 8. The first kappa shape index (κ1) is 15.7. The molecule has 0 aliphatic carbocycles. The maximum atomic E-state index is 11.0. The number of benzene rings is 1. The highest BCUT2D eigenvalue weighted by molar-refractivity contribution is 7.98. The van der Waals surface area contributed by atoms with Crippen LogP contribution in [0.2, 0.25) is 0 Å². The molecule has 0 saturated heterocycles. The lowest BCUT2D eigenvalue weighted by Crippen LogP contribution is -2.38. The molecular formula is C13H19NO4S. The molecule has 19 heavy (non-hydrogen) atoms. The first-order valence-corrected chi connectivity index (χ1v) is 7.40. The van der Waals surface area contributed by atoms with Gasteiger partial charge < -0.3 is 20.6 Å². The second-order valence-corrected chi connectivity index (χ2v) is 5.18. The van der Waals surface area contributed by atoms with Crippen LogP contribution in [0.15, 0.2) is 18.2 Å². The molecule has 1 aromatic carbocycles. The Labute approximate surface area is 116 Å². The molecular weight excluding hydrogens is 266 g/mol. The van der Waals surface area contributed by atoms with Gasteiger partial charge in [-0.25, -0.2) is 0 Å². The summed E-state index contributed by atoms with van der Waals surface area (Å²) in [5, 5.41) is 30.9. The summed E-state index contributed by atoms with van der Waals surface area (Å²) in [6.45, 7) is 0.433. The fourth-order valence-corrected chi connectivity index (χ4v) is 2.17. The number of carboxylic acids is 1. The first-order valence-electron chi connectivity index (χ1n) is 6.00. The van der Waals surface area contributed by atoms with E-state index in [1.165, 1.54) is 18.2 Å². The van der Waals surface area contributed by atoms with Gasteiger partial charge in [0.15, 0.2) is 0 Å². The largest absolute Gasteiger partial charge is 0.508 e. The Morgan fingerprint density at radius 1 is 1.42 bits per heavy atom. The highest BCUT2D eigenvalue weighted by Crippen LogP contribution is 2.22. The van der Waals surface area contributed by atoms with Crippen LogP contribution in [-0.4, -0.2) is 45.9 Å². The van der Waals surface area contributed by atoms with E-state index in [1.54, 1.807) is 11.8 Å². The van der Waals surface area contributed by atoms with Crippen molar-refractivity contribution < 1.29 is 20.1 Å². The van der Waals surface area contributed by atoms with Crippen LogP contribution in [0.4, 0.5) is 0 Å². The Balaban J connectivity index is 2.47. The van der Waals surface area contributed by atoms with Crippen LogP contribution in [0.3, 0.4) is 0 Å². The van der Waals surface area contributed by atoms with Gasteiger partial charge >= 0.3 is 5.97 Å². The molecule has 1 rings (SSSR count). The molecule has 0 heterocycles. The molecule has 1 atom stereocenters. The minimum atomic E-state index is -0.866. The van der Waals surface area contributed by atoms with Crippen molar-refractivity contribution in [1.82, 2.24) is 5.32 Å². The zero-order chi connectivity index (χ0) is 14.3. The monoisotopic (exact) mass is 285 g/mol. The SMILES string of the molecule is CSCC[C@H](NCCc1cc(O)ccc1O)C(=O)O. The molecule has 0 bridgehead atoms. The predicted molar refractivity (Wildman–Crippen MR) is 75.9 cm³/mol. The summed E-state index contributed by atoms with van der Waals surface area (Å²) in [5.74, 6) is 0.108. The van der Waals surface area contributed by atoms with Crippen molar-refractivity contribution in [3.63, 3.8) is 0 Å². The minimum absolute atomic E-state index is 0.0879. The quantitative estimate of drug-likeness (QED) is 0.540. The number of aliphatic carboxylic acids is 1. The van der Waals surface area contributed by atoms with Gasteiger partial charge in [-0.2, -0.15) is 11.8 Å². The normalized spacial score (nSPS) is 12.3. The number of hydrogen-bond acceptors (Lipinski definition) is 5. The number of aromatic hydroxyl groups is 2. The average molecular weight is 285 g/mol. The number of hydrogen-bond donors (Lipinski definition) is 4. The molecule has 0 unspecified atom stereocenters. The van der Waals surface area contributed by atoms with Crippen molar-refractivity contribution in [2.75, 3.05) is 18.6 Å². The van der Waals surface area contributed by atoms with Gasteiger partial charge in [0.1, 0.15) is 17.5 Å². The maximum absolute atomic E-state index is 11.0. The van der Waals surface area contributed by atoms with Gasteiger partial charge in [-0.1, -0.05) is 0 Å². The molecule has 0 fully saturated rings. The third kappa shape index (κ3) is 5.40. The number of carboxylic acid groups (broad SMARTS) is 1. The molecule has 4 N–H and O–H groups in total. The van der Waals surface area contributed by atoms with Crippen molar-refractivity contribution in [1.29, 1.82) is 0 Å². The van der Waals surface area contributed by atoms with Crippen molar-refractivity contribution in [3.8, 4) is 11.5 Å². The average Bonchev–Trinajstić information content (AvgIpc) is 2.37. The number of phenolic OH excluding ortho intramolecular Hbond substituents is 2. The summed E-state index contributed by atoms with van der Waals surface area (Å²) in [6, 6.07) is 3.74. The van der Waals surface area contributed by atoms with E-state index in [2.05, 4.69) is 5.32 Å². The van der Waals surface area contributed by atoms with E-state index in [4.69, 9.17) is 5.11 Å². The van der Waals surface area contributed by atoms with Gasteiger partial charge in [-0.15, -0.1) is 0 Å². The van der Waals surface area contributed by atoms with Crippen LogP contribution >= 0.6 is 11.8 Å². The molecule has 1 aromatic rings. The van der Waals surface area contributed by atoms with Gasteiger partial charge in [0.25, 0.3) is 0 Å². The third-order valence-electron chi connectivity index (χ3n) is 2.76. The maximum Gasteiger partial charge on any atom is 0.320 e. The van der Waals surface area contributed by atoms with Crippen molar-refractivity contribution in [2.24, 2.45) is 0 Å². The predicted octanol–water partition coefficient (Wildman–Crippen LogP) is 1.44. The van der Waals surface area contributed by atoms with E-state index in [-0.39, 0.29) is 11.5 Å². The van der Waals surface area contributed by atoms with Gasteiger partial charge in [0.2, 0.25) is 0 Å². The van der Waals surface area contributed by atoms with Crippen molar-refractivity contribution in [3.05, 3.63) is 23.8 Å². The number of thioether (sulfide) groups is 1. The van der Waals surface area contributed by atoms with Crippen molar-refractivity contribution >= 4 is 17.7 Å². The highest BCUT2D eigenvalue weighted by Gasteiger charge is 2.15. The Kier molecular flexibility index (Phi) is 6.52. The molecule has 106 valence electrons. The second kappa shape index (κ2) is 7.91. The van der Waals surface area contributed by atoms with Crippen LogP contribution in [-0.2, 0) is 11.2 Å². The number of nitrogens with one attached hydrogen (secondary N) is 1. The standard InChI is InChI=1S/C13H19NO4S/c1-19-7-5-11(13(17)18)14-6-4-9-8-10(15)2-3-12(9)16/h2-3,8,11,14-16H,4-7H2,1H3,(H,17,18)/t11-/m0/s1. The molecule has 5 nitrogen and oxygen atoms in total. The Morgan fingerprint density at radius 3 is 2.79 bits per heavy atom. The first-order chi connectivity index (χ1) is 9.04. The van der Waals surface area contributed by atoms with Crippen LogP contribution in [0.25, 0.3) is 0 Å².